The molecule has 0 aliphatic carbocycles. The second-order valence-corrected chi connectivity index (χ2v) is 6.01. The molecule has 24 heavy (non-hydrogen) atoms. The van der Waals surface area contributed by atoms with Crippen LogP contribution in [0.1, 0.15) is 27.0 Å². The minimum Gasteiger partial charge on any atom is -0.497 e. The van der Waals surface area contributed by atoms with E-state index in [9.17, 15) is 10.1 Å². The maximum atomic E-state index is 12.6. The predicted molar refractivity (Wildman–Crippen MR) is 90.2 cm³/mol. The topological polar surface area (TPSA) is 76.1 Å². The highest BCUT2D eigenvalue weighted by atomic mass is 32.1. The number of furan rings is 1. The number of carbonyl (C=O) groups is 1. The van der Waals surface area contributed by atoms with E-state index in [0.29, 0.717) is 16.3 Å². The molecular formula is C18H14N2O3S. The maximum absolute atomic E-state index is 12.6. The van der Waals surface area contributed by atoms with Gasteiger partial charge in [0.25, 0.3) is 0 Å². The normalized spacial score (nSPS) is 11.7. The number of benzene rings is 1. The van der Waals surface area contributed by atoms with E-state index in [1.807, 2.05) is 29.6 Å². The minimum atomic E-state index is -0.932. The average Bonchev–Trinajstić information content (AvgIpc) is 3.25. The zero-order chi connectivity index (χ0) is 17.1. The Morgan fingerprint density at radius 1 is 1.33 bits per heavy atom. The number of carbonyl (C=O) groups excluding carboxylic acids is 1. The van der Waals surface area contributed by atoms with Crippen LogP contribution in [0.15, 0.2) is 46.4 Å². The van der Waals surface area contributed by atoms with Crippen LogP contribution in [0.5, 0.6) is 5.75 Å². The van der Waals surface area contributed by atoms with Gasteiger partial charge in [-0.15, -0.1) is 11.3 Å². The van der Waals surface area contributed by atoms with Crippen LogP contribution in [0.2, 0.25) is 0 Å². The van der Waals surface area contributed by atoms with Gasteiger partial charge in [-0.25, -0.2) is 4.98 Å². The summed E-state index contributed by atoms with van der Waals surface area (Å²) in [4.78, 5) is 17.0. The van der Waals surface area contributed by atoms with Crippen LogP contribution in [-0.4, -0.2) is 17.9 Å². The second kappa shape index (κ2) is 6.69. The van der Waals surface area contributed by atoms with Gasteiger partial charge < -0.3 is 9.15 Å². The summed E-state index contributed by atoms with van der Waals surface area (Å²) in [5.41, 5.74) is 2.05. The third-order valence-electron chi connectivity index (χ3n) is 3.67. The molecule has 0 aliphatic heterocycles. The van der Waals surface area contributed by atoms with Crippen LogP contribution in [0, 0.1) is 18.3 Å². The molecule has 0 aliphatic rings. The van der Waals surface area contributed by atoms with Gasteiger partial charge in [0.05, 0.1) is 30.7 Å². The van der Waals surface area contributed by atoms with Crippen LogP contribution < -0.4 is 4.74 Å². The number of aromatic nitrogens is 1. The molecule has 0 unspecified atom stereocenters. The summed E-state index contributed by atoms with van der Waals surface area (Å²) >= 11 is 1.30. The number of nitrogens with zero attached hydrogens (tertiary/aromatic N) is 2. The third kappa shape index (κ3) is 2.94. The van der Waals surface area contributed by atoms with Gasteiger partial charge in [-0.05, 0) is 37.3 Å². The molecule has 6 heteroatoms. The number of Topliss-reactive ketones (excluding diaryl/α,β-unsaturated/α-hetero) is 1. The van der Waals surface area contributed by atoms with E-state index >= 15 is 0 Å². The molecule has 2 heterocycles. The minimum absolute atomic E-state index is 0.292. The van der Waals surface area contributed by atoms with Crippen molar-refractivity contribution in [2.24, 2.45) is 0 Å². The number of ketones is 1. The van der Waals surface area contributed by atoms with Gasteiger partial charge in [-0.1, -0.05) is 0 Å². The summed E-state index contributed by atoms with van der Waals surface area (Å²) in [6.07, 6.45) is 1.45. The Morgan fingerprint density at radius 2 is 2.08 bits per heavy atom. The molecule has 1 atom stereocenters. The van der Waals surface area contributed by atoms with E-state index in [1.54, 1.807) is 20.1 Å². The summed E-state index contributed by atoms with van der Waals surface area (Å²) in [5, 5.41) is 11.8. The maximum Gasteiger partial charge on any atom is 0.190 e. The van der Waals surface area contributed by atoms with Crippen molar-refractivity contribution in [3.05, 3.63) is 58.3 Å². The fraction of sp³-hybridized carbons (Fsp3) is 0.167. The summed E-state index contributed by atoms with van der Waals surface area (Å²) in [7, 11) is 1.61. The highest BCUT2D eigenvalue weighted by Crippen LogP contribution is 2.30. The Kier molecular flexibility index (Phi) is 4.45. The number of hydrogen-bond acceptors (Lipinski definition) is 6. The first kappa shape index (κ1) is 16.0. The molecule has 5 nitrogen and oxygen atoms in total. The van der Waals surface area contributed by atoms with Gasteiger partial charge in [0.15, 0.2) is 11.7 Å². The van der Waals surface area contributed by atoms with Crippen molar-refractivity contribution in [1.82, 2.24) is 4.98 Å². The smallest absolute Gasteiger partial charge is 0.190 e. The molecule has 120 valence electrons. The van der Waals surface area contributed by atoms with Crippen molar-refractivity contribution in [3.63, 3.8) is 0 Å². The Balaban J connectivity index is 1.89. The van der Waals surface area contributed by atoms with E-state index in [-0.39, 0.29) is 5.78 Å². The summed E-state index contributed by atoms with van der Waals surface area (Å²) in [6, 6.07) is 11.1. The number of aryl methyl sites for hydroxylation is 1. The zero-order valence-electron chi connectivity index (χ0n) is 13.1. The standard InChI is InChI=1S/C18H14N2O3S/c1-11-14(7-8-23-11)17(21)15(9-19)18-20-16(10-24-18)12-3-5-13(22-2)6-4-12/h3-8,10,15H,1-2H3/t15-/m1/s1. The first-order valence-electron chi connectivity index (χ1n) is 7.22. The van der Waals surface area contributed by atoms with Crippen LogP contribution in [-0.2, 0) is 0 Å². The van der Waals surface area contributed by atoms with E-state index in [2.05, 4.69) is 11.1 Å². The molecule has 0 radical (unpaired) electrons. The summed E-state index contributed by atoms with van der Waals surface area (Å²) < 4.78 is 10.3. The number of nitriles is 1. The lowest BCUT2D eigenvalue weighted by Crippen LogP contribution is -2.11. The fourth-order valence-corrected chi connectivity index (χ4v) is 3.20. The van der Waals surface area contributed by atoms with Crippen LogP contribution in [0.25, 0.3) is 11.3 Å². The first-order valence-corrected chi connectivity index (χ1v) is 8.09. The van der Waals surface area contributed by atoms with Gasteiger partial charge in [-0.2, -0.15) is 5.26 Å². The summed E-state index contributed by atoms with van der Waals surface area (Å²) in [5.74, 6) is 0.0413. The third-order valence-corrected chi connectivity index (χ3v) is 4.58. The largest absolute Gasteiger partial charge is 0.497 e. The van der Waals surface area contributed by atoms with E-state index < -0.39 is 5.92 Å². The summed E-state index contributed by atoms with van der Waals surface area (Å²) in [6.45, 7) is 1.70. The number of rotatable bonds is 5. The Hall–Kier alpha value is -2.91. The Morgan fingerprint density at radius 3 is 2.67 bits per heavy atom. The second-order valence-electron chi connectivity index (χ2n) is 5.12. The molecule has 0 N–H and O–H groups in total. The highest BCUT2D eigenvalue weighted by Gasteiger charge is 2.27. The van der Waals surface area contributed by atoms with Gasteiger partial charge in [0.2, 0.25) is 0 Å². The molecule has 0 fully saturated rings. The number of ether oxygens (including phenoxy) is 1. The zero-order valence-corrected chi connectivity index (χ0v) is 14.0. The molecular weight excluding hydrogens is 324 g/mol. The van der Waals surface area contributed by atoms with Crippen LogP contribution in [0.4, 0.5) is 0 Å². The molecule has 0 spiro atoms. The molecule has 1 aromatic carbocycles. The quantitative estimate of drug-likeness (QED) is 0.651. The van der Waals surface area contributed by atoms with Gasteiger partial charge in [-0.3, -0.25) is 4.79 Å². The lowest BCUT2D eigenvalue weighted by molar-refractivity contribution is 0.0977. The van der Waals surface area contributed by atoms with Crippen LogP contribution in [0.3, 0.4) is 0 Å². The van der Waals surface area contributed by atoms with Crippen molar-refractivity contribution >= 4 is 17.1 Å². The lowest BCUT2D eigenvalue weighted by atomic mass is 10.00. The fourth-order valence-electron chi connectivity index (χ4n) is 2.34. The first-order chi connectivity index (χ1) is 11.6. The Labute approximate surface area is 143 Å². The van der Waals surface area contributed by atoms with Crippen molar-refractivity contribution in [1.29, 1.82) is 5.26 Å². The van der Waals surface area contributed by atoms with Crippen molar-refractivity contribution in [3.8, 4) is 23.1 Å². The SMILES string of the molecule is COc1ccc(-c2csc([C@H](C#N)C(=O)c3ccoc3C)n2)cc1. The molecule has 0 bridgehead atoms. The van der Waals surface area contributed by atoms with Crippen molar-refractivity contribution in [2.45, 2.75) is 12.8 Å². The molecule has 2 aromatic heterocycles. The van der Waals surface area contributed by atoms with Gasteiger partial charge >= 0.3 is 0 Å². The number of hydrogen-bond donors (Lipinski definition) is 0. The predicted octanol–water partition coefficient (Wildman–Crippen LogP) is 4.21. The van der Waals surface area contributed by atoms with Crippen molar-refractivity contribution < 1.29 is 13.9 Å². The molecule has 3 rings (SSSR count). The lowest BCUT2D eigenvalue weighted by Gasteiger charge is -2.04. The van der Waals surface area contributed by atoms with Gasteiger partial charge in [0.1, 0.15) is 16.5 Å². The monoisotopic (exact) mass is 338 g/mol. The molecule has 0 saturated carbocycles. The van der Waals surface area contributed by atoms with Crippen LogP contribution >= 0.6 is 11.3 Å². The molecule has 0 amide bonds. The number of methoxy groups -OCH3 is 1. The van der Waals surface area contributed by atoms with E-state index in [4.69, 9.17) is 9.15 Å². The molecule has 0 saturated heterocycles. The van der Waals surface area contributed by atoms with E-state index in [0.717, 1.165) is 17.0 Å². The van der Waals surface area contributed by atoms with Crippen molar-refractivity contribution in [2.75, 3.05) is 7.11 Å². The average molecular weight is 338 g/mol. The molecule has 3 aromatic rings. The van der Waals surface area contributed by atoms with E-state index in [1.165, 1.54) is 17.6 Å². The van der Waals surface area contributed by atoms with Gasteiger partial charge in [0, 0.05) is 10.9 Å². The highest BCUT2D eigenvalue weighted by molar-refractivity contribution is 7.10. The Bertz CT molecular complexity index is 903. The number of thiazole rings is 1.